The zero-order valence-electron chi connectivity index (χ0n) is 16.2. The molecule has 2 aliphatic rings. The Balaban J connectivity index is 1.33. The van der Waals surface area contributed by atoms with Gasteiger partial charge in [-0.15, -0.1) is 10.2 Å². The molecule has 8 heteroatoms. The van der Waals surface area contributed by atoms with Gasteiger partial charge in [0, 0.05) is 31.5 Å². The van der Waals surface area contributed by atoms with Crippen molar-refractivity contribution >= 4 is 29.0 Å². The quantitative estimate of drug-likeness (QED) is 0.776. The summed E-state index contributed by atoms with van der Waals surface area (Å²) in [6.07, 6.45) is 4.06. The van der Waals surface area contributed by atoms with Crippen molar-refractivity contribution in [3.63, 3.8) is 0 Å². The highest BCUT2D eigenvalue weighted by Crippen LogP contribution is 2.24. The first kappa shape index (κ1) is 19.9. The van der Waals surface area contributed by atoms with Gasteiger partial charge in [-0.3, -0.25) is 4.79 Å². The van der Waals surface area contributed by atoms with Gasteiger partial charge in [-0.25, -0.2) is 0 Å². The monoisotopic (exact) mass is 416 g/mol. The summed E-state index contributed by atoms with van der Waals surface area (Å²) in [4.78, 5) is 14.9. The normalized spacial score (nSPS) is 21.8. The molecule has 0 bridgehead atoms. The summed E-state index contributed by atoms with van der Waals surface area (Å²) in [5, 5.41) is 11.4. The molecule has 0 spiro atoms. The van der Waals surface area contributed by atoms with Crippen LogP contribution in [0.1, 0.15) is 25.7 Å². The molecule has 3 heterocycles. The molecule has 1 amide bonds. The van der Waals surface area contributed by atoms with Gasteiger partial charge in [0.2, 0.25) is 5.91 Å². The molecule has 2 atom stereocenters. The highest BCUT2D eigenvalue weighted by atomic mass is 35.5. The van der Waals surface area contributed by atoms with Gasteiger partial charge in [0.1, 0.15) is 12.4 Å². The van der Waals surface area contributed by atoms with E-state index in [1.54, 1.807) is 6.07 Å². The molecule has 2 aromatic rings. The minimum absolute atomic E-state index is 0.00731. The van der Waals surface area contributed by atoms with Crippen molar-refractivity contribution in [3.05, 3.63) is 41.6 Å². The number of carbonyl (C=O) groups excluding carboxylic acids is 1. The first-order valence-electron chi connectivity index (χ1n) is 10.1. The summed E-state index contributed by atoms with van der Waals surface area (Å²) in [5.41, 5.74) is 0.739. The molecule has 4 rings (SSSR count). The van der Waals surface area contributed by atoms with Crippen LogP contribution < -0.4 is 15.0 Å². The lowest BCUT2D eigenvalue weighted by Crippen LogP contribution is -2.41. The standard InChI is InChI=1S/C21H25ClN4O3/c22-19-8-9-20(25-24-19)26-10-2-4-15(13-26)21(27)23-16-5-1-6-17(12-16)29-14-18-7-3-11-28-18/h1,5-6,8-9,12,15,18H,2-4,7,10-11,13-14H2,(H,23,27)/t15-,18+/m1/s1. The second-order valence-electron chi connectivity index (χ2n) is 7.46. The number of hydrogen-bond acceptors (Lipinski definition) is 6. The molecule has 0 aliphatic carbocycles. The van der Waals surface area contributed by atoms with Crippen LogP contribution in [0.2, 0.25) is 5.15 Å². The highest BCUT2D eigenvalue weighted by molar-refractivity contribution is 6.29. The van der Waals surface area contributed by atoms with Gasteiger partial charge < -0.3 is 19.7 Å². The summed E-state index contributed by atoms with van der Waals surface area (Å²) >= 11 is 5.82. The average molecular weight is 417 g/mol. The number of benzene rings is 1. The van der Waals surface area contributed by atoms with Crippen molar-refractivity contribution in [3.8, 4) is 5.75 Å². The molecule has 0 radical (unpaired) electrons. The number of rotatable bonds is 6. The molecule has 2 aliphatic heterocycles. The fourth-order valence-electron chi connectivity index (χ4n) is 3.75. The van der Waals surface area contributed by atoms with E-state index in [2.05, 4.69) is 20.4 Å². The molecule has 1 aromatic heterocycles. The smallest absolute Gasteiger partial charge is 0.229 e. The van der Waals surface area contributed by atoms with Crippen molar-refractivity contribution in [2.24, 2.45) is 5.92 Å². The van der Waals surface area contributed by atoms with E-state index in [0.717, 1.165) is 56.1 Å². The van der Waals surface area contributed by atoms with E-state index in [1.807, 2.05) is 30.3 Å². The first-order valence-corrected chi connectivity index (χ1v) is 10.4. The van der Waals surface area contributed by atoms with E-state index >= 15 is 0 Å². The second kappa shape index (κ2) is 9.41. The summed E-state index contributed by atoms with van der Waals surface area (Å²) in [7, 11) is 0. The fraction of sp³-hybridized carbons (Fsp3) is 0.476. The fourth-order valence-corrected chi connectivity index (χ4v) is 3.85. The number of hydrogen-bond donors (Lipinski definition) is 1. The van der Waals surface area contributed by atoms with E-state index in [1.165, 1.54) is 0 Å². The number of nitrogens with one attached hydrogen (secondary N) is 1. The number of halogens is 1. The van der Waals surface area contributed by atoms with Crippen LogP contribution in [0.5, 0.6) is 5.75 Å². The van der Waals surface area contributed by atoms with Gasteiger partial charge in [0.05, 0.1) is 12.0 Å². The SMILES string of the molecule is O=C(Nc1cccc(OC[C@@H]2CCCO2)c1)[C@@H]1CCCN(c2ccc(Cl)nn2)C1. The summed E-state index contributed by atoms with van der Waals surface area (Å²) < 4.78 is 11.4. The summed E-state index contributed by atoms with van der Waals surface area (Å²) in [6, 6.07) is 11.1. The van der Waals surface area contributed by atoms with Crippen LogP contribution in [-0.4, -0.2) is 48.5 Å². The van der Waals surface area contributed by atoms with E-state index in [4.69, 9.17) is 21.1 Å². The topological polar surface area (TPSA) is 76.6 Å². The lowest BCUT2D eigenvalue weighted by Gasteiger charge is -2.32. The van der Waals surface area contributed by atoms with Gasteiger partial charge >= 0.3 is 0 Å². The molecule has 0 saturated carbocycles. The Morgan fingerprint density at radius 1 is 1.24 bits per heavy atom. The number of amides is 1. The van der Waals surface area contributed by atoms with Crippen LogP contribution in [0, 0.1) is 5.92 Å². The van der Waals surface area contributed by atoms with Crippen molar-refractivity contribution in [1.29, 1.82) is 0 Å². The maximum atomic E-state index is 12.8. The molecule has 2 saturated heterocycles. The number of aromatic nitrogens is 2. The third-order valence-electron chi connectivity index (χ3n) is 5.30. The Labute approximate surface area is 175 Å². The van der Waals surface area contributed by atoms with Crippen LogP contribution in [0.15, 0.2) is 36.4 Å². The molecule has 154 valence electrons. The Bertz CT molecular complexity index is 827. The number of carbonyl (C=O) groups is 1. The molecule has 0 unspecified atom stereocenters. The molecule has 2 fully saturated rings. The summed E-state index contributed by atoms with van der Waals surface area (Å²) in [5.74, 6) is 1.38. The largest absolute Gasteiger partial charge is 0.491 e. The molecular weight excluding hydrogens is 392 g/mol. The maximum Gasteiger partial charge on any atom is 0.229 e. The molecule has 1 N–H and O–H groups in total. The maximum absolute atomic E-state index is 12.8. The predicted octanol–water partition coefficient (Wildman–Crippen LogP) is 3.54. The average Bonchev–Trinajstić information content (AvgIpc) is 3.27. The molecular formula is C21H25ClN4O3. The second-order valence-corrected chi connectivity index (χ2v) is 7.85. The van der Waals surface area contributed by atoms with Gasteiger partial charge in [0.15, 0.2) is 11.0 Å². The molecule has 29 heavy (non-hydrogen) atoms. The Morgan fingerprint density at radius 2 is 2.17 bits per heavy atom. The number of piperidine rings is 1. The van der Waals surface area contributed by atoms with E-state index in [-0.39, 0.29) is 17.9 Å². The van der Waals surface area contributed by atoms with E-state index < -0.39 is 0 Å². The zero-order valence-corrected chi connectivity index (χ0v) is 17.0. The van der Waals surface area contributed by atoms with E-state index in [0.29, 0.717) is 18.3 Å². The van der Waals surface area contributed by atoms with Crippen molar-refractivity contribution in [2.45, 2.75) is 31.8 Å². The van der Waals surface area contributed by atoms with Crippen molar-refractivity contribution < 1.29 is 14.3 Å². The lowest BCUT2D eigenvalue weighted by atomic mass is 9.97. The van der Waals surface area contributed by atoms with Gasteiger partial charge in [-0.05, 0) is 49.9 Å². The molecule has 7 nitrogen and oxygen atoms in total. The van der Waals surface area contributed by atoms with Crippen LogP contribution in [0.25, 0.3) is 0 Å². The minimum atomic E-state index is -0.113. The van der Waals surface area contributed by atoms with Crippen LogP contribution in [-0.2, 0) is 9.53 Å². The van der Waals surface area contributed by atoms with Crippen LogP contribution >= 0.6 is 11.6 Å². The third kappa shape index (κ3) is 5.36. The van der Waals surface area contributed by atoms with Crippen molar-refractivity contribution in [1.82, 2.24) is 10.2 Å². The molecule has 1 aromatic carbocycles. The third-order valence-corrected chi connectivity index (χ3v) is 5.50. The Hall–Kier alpha value is -2.38. The van der Waals surface area contributed by atoms with Gasteiger partial charge in [0.25, 0.3) is 0 Å². The van der Waals surface area contributed by atoms with Gasteiger partial charge in [-0.2, -0.15) is 0 Å². The number of anilines is 2. The van der Waals surface area contributed by atoms with E-state index in [9.17, 15) is 4.79 Å². The van der Waals surface area contributed by atoms with Crippen LogP contribution in [0.3, 0.4) is 0 Å². The summed E-state index contributed by atoms with van der Waals surface area (Å²) in [6.45, 7) is 2.81. The Morgan fingerprint density at radius 3 is 2.97 bits per heavy atom. The number of nitrogens with zero attached hydrogens (tertiary/aromatic N) is 3. The zero-order chi connectivity index (χ0) is 20.1. The highest BCUT2D eigenvalue weighted by Gasteiger charge is 2.27. The Kier molecular flexibility index (Phi) is 6.46. The first-order chi connectivity index (χ1) is 14.2. The number of ether oxygens (including phenoxy) is 2. The minimum Gasteiger partial charge on any atom is -0.491 e. The predicted molar refractivity (Wildman–Crippen MR) is 112 cm³/mol. The van der Waals surface area contributed by atoms with Crippen molar-refractivity contribution in [2.75, 3.05) is 36.5 Å². The van der Waals surface area contributed by atoms with Crippen LogP contribution in [0.4, 0.5) is 11.5 Å². The van der Waals surface area contributed by atoms with Gasteiger partial charge in [-0.1, -0.05) is 17.7 Å². The lowest BCUT2D eigenvalue weighted by molar-refractivity contribution is -0.120.